The van der Waals surface area contributed by atoms with Crippen LogP contribution in [0.2, 0.25) is 10.0 Å². The Labute approximate surface area is 219 Å². The zero-order valence-corrected chi connectivity index (χ0v) is 21.4. The van der Waals surface area contributed by atoms with Crippen molar-refractivity contribution in [2.75, 3.05) is 0 Å². The molecule has 1 saturated carbocycles. The van der Waals surface area contributed by atoms with Crippen LogP contribution in [-0.4, -0.2) is 16.2 Å². The van der Waals surface area contributed by atoms with Gasteiger partial charge in [0, 0.05) is 17.0 Å². The summed E-state index contributed by atoms with van der Waals surface area (Å²) >= 11 is 13.0. The average molecular weight is 522 g/mol. The van der Waals surface area contributed by atoms with Gasteiger partial charge in [0.2, 0.25) is 0 Å². The number of hydrogen-bond acceptors (Lipinski definition) is 4. The Morgan fingerprint density at radius 1 is 1.06 bits per heavy atom. The quantitative estimate of drug-likeness (QED) is 0.253. The van der Waals surface area contributed by atoms with Crippen molar-refractivity contribution in [3.8, 4) is 28.1 Å². The molecule has 0 aliphatic heterocycles. The Morgan fingerprint density at radius 3 is 2.44 bits per heavy atom. The lowest BCUT2D eigenvalue weighted by molar-refractivity contribution is -0.142. The van der Waals surface area contributed by atoms with Gasteiger partial charge in [-0.15, -0.1) is 0 Å². The Balaban J connectivity index is 1.50. The Morgan fingerprint density at radius 2 is 1.75 bits per heavy atom. The molecule has 0 atom stereocenters. The monoisotopic (exact) mass is 521 g/mol. The number of halogens is 2. The lowest BCUT2D eigenvalue weighted by atomic mass is 9.83. The smallest absolute Gasteiger partial charge is 0.313 e. The Hall–Kier alpha value is -3.28. The van der Waals surface area contributed by atoms with Crippen molar-refractivity contribution in [1.29, 1.82) is 0 Å². The second kappa shape index (κ2) is 9.64. The summed E-state index contributed by atoms with van der Waals surface area (Å²) < 4.78 is 12.1. The molecule has 7 heteroatoms. The highest BCUT2D eigenvalue weighted by molar-refractivity contribution is 6.39. The molecule has 1 aliphatic carbocycles. The Bertz CT molecular complexity index is 1420. The summed E-state index contributed by atoms with van der Waals surface area (Å²) in [5.74, 6) is 0.914. The van der Waals surface area contributed by atoms with Crippen LogP contribution in [0.4, 0.5) is 0 Å². The van der Waals surface area contributed by atoms with Gasteiger partial charge in [-0.05, 0) is 62.1 Å². The molecule has 3 aromatic carbocycles. The summed E-state index contributed by atoms with van der Waals surface area (Å²) in [5, 5.41) is 15.0. The molecule has 5 rings (SSSR count). The summed E-state index contributed by atoms with van der Waals surface area (Å²) in [6, 6.07) is 20.6. The second-order valence-corrected chi connectivity index (χ2v) is 10.4. The molecular weight excluding hydrogens is 497 g/mol. The molecule has 1 heterocycles. The van der Waals surface area contributed by atoms with E-state index in [0.717, 1.165) is 35.3 Å². The molecule has 1 aliphatic rings. The number of para-hydroxylation sites is 1. The van der Waals surface area contributed by atoms with Crippen LogP contribution in [0.25, 0.3) is 22.4 Å². The van der Waals surface area contributed by atoms with E-state index in [-0.39, 0.29) is 6.61 Å². The minimum Gasteiger partial charge on any atom is -0.488 e. The van der Waals surface area contributed by atoms with Crippen molar-refractivity contribution in [1.82, 2.24) is 5.16 Å². The van der Waals surface area contributed by atoms with E-state index in [1.54, 1.807) is 32.0 Å². The van der Waals surface area contributed by atoms with Crippen molar-refractivity contribution >= 4 is 29.2 Å². The Kier molecular flexibility index (Phi) is 6.54. The second-order valence-electron chi connectivity index (χ2n) is 9.54. The van der Waals surface area contributed by atoms with Crippen molar-refractivity contribution in [3.05, 3.63) is 93.7 Å². The van der Waals surface area contributed by atoms with E-state index < -0.39 is 11.4 Å². The van der Waals surface area contributed by atoms with Crippen LogP contribution in [0.3, 0.4) is 0 Å². The third-order valence-corrected chi connectivity index (χ3v) is 7.29. The molecule has 1 aromatic heterocycles. The number of carboxylic acids is 1. The molecule has 5 nitrogen and oxygen atoms in total. The van der Waals surface area contributed by atoms with Gasteiger partial charge >= 0.3 is 5.97 Å². The molecule has 0 saturated heterocycles. The first-order valence-electron chi connectivity index (χ1n) is 11.8. The lowest BCUT2D eigenvalue weighted by Gasteiger charge is -2.21. The van der Waals surface area contributed by atoms with Gasteiger partial charge in [-0.2, -0.15) is 0 Å². The predicted octanol–water partition coefficient (Wildman–Crippen LogP) is 8.13. The van der Waals surface area contributed by atoms with E-state index in [4.69, 9.17) is 32.5 Å². The lowest BCUT2D eigenvalue weighted by Crippen LogP contribution is -2.28. The first-order valence-corrected chi connectivity index (χ1v) is 12.5. The van der Waals surface area contributed by atoms with Gasteiger partial charge < -0.3 is 14.4 Å². The summed E-state index contributed by atoms with van der Waals surface area (Å²) in [6.45, 7) is 3.62. The van der Waals surface area contributed by atoms with E-state index in [1.807, 2.05) is 48.5 Å². The fourth-order valence-corrected chi connectivity index (χ4v) is 4.80. The number of rotatable bonds is 8. The maximum atomic E-state index is 11.8. The van der Waals surface area contributed by atoms with Gasteiger partial charge in [0.25, 0.3) is 0 Å². The fraction of sp³-hybridized carbons (Fsp3) is 0.241. The van der Waals surface area contributed by atoms with E-state index in [1.165, 1.54) is 0 Å². The van der Waals surface area contributed by atoms with Crippen LogP contribution < -0.4 is 4.74 Å². The normalized spacial score (nSPS) is 13.6. The molecule has 4 aromatic rings. The molecule has 0 amide bonds. The number of hydrogen-bond donors (Lipinski definition) is 1. The van der Waals surface area contributed by atoms with Crippen LogP contribution in [-0.2, 0) is 16.8 Å². The minimum absolute atomic E-state index is 0.226. The molecule has 0 spiro atoms. The van der Waals surface area contributed by atoms with E-state index in [0.29, 0.717) is 38.5 Å². The molecule has 1 fully saturated rings. The molecule has 0 bridgehead atoms. The van der Waals surface area contributed by atoms with Crippen molar-refractivity contribution in [2.45, 2.75) is 44.6 Å². The largest absolute Gasteiger partial charge is 0.488 e. The summed E-state index contributed by atoms with van der Waals surface area (Å²) in [7, 11) is 0. The van der Waals surface area contributed by atoms with E-state index in [9.17, 15) is 9.90 Å². The molecule has 36 heavy (non-hydrogen) atoms. The topological polar surface area (TPSA) is 72.6 Å². The van der Waals surface area contributed by atoms with Crippen molar-refractivity contribution in [3.63, 3.8) is 0 Å². The minimum atomic E-state index is -1.02. The molecule has 184 valence electrons. The first-order chi connectivity index (χ1) is 17.3. The zero-order chi connectivity index (χ0) is 25.4. The number of nitrogens with zero attached hydrogens (tertiary/aromatic N) is 1. The number of aromatic nitrogens is 1. The SMILES string of the molecule is CC(C)(C(=O)O)c1cccc(-c2ccccc2OCc2c(-c3c(Cl)cccc3Cl)noc2C2CC2)c1. The standard InChI is InChI=1S/C29H25Cl2NO4/c1-29(2,28(33)34)19-8-5-7-18(15-19)20-9-3-4-12-24(20)35-16-21-26(32-36-27(21)17-13-14-17)25-22(30)10-6-11-23(25)31/h3-12,15,17H,13-14,16H2,1-2H3,(H,33,34). The van der Waals surface area contributed by atoms with Gasteiger partial charge in [-0.1, -0.05) is 70.8 Å². The van der Waals surface area contributed by atoms with Gasteiger partial charge in [0.15, 0.2) is 0 Å². The average Bonchev–Trinajstić information content (AvgIpc) is 3.63. The zero-order valence-electron chi connectivity index (χ0n) is 19.9. The number of aliphatic carboxylic acids is 1. The number of carboxylic acid groups (broad SMARTS) is 1. The molecule has 1 N–H and O–H groups in total. The summed E-state index contributed by atoms with van der Waals surface area (Å²) in [4.78, 5) is 11.8. The highest BCUT2D eigenvalue weighted by Gasteiger charge is 2.34. The van der Waals surface area contributed by atoms with Crippen LogP contribution in [0, 0.1) is 0 Å². The number of benzene rings is 3. The molecule has 0 radical (unpaired) electrons. The highest BCUT2D eigenvalue weighted by Crippen LogP contribution is 2.46. The van der Waals surface area contributed by atoms with Gasteiger partial charge in [0.05, 0.1) is 21.0 Å². The maximum Gasteiger partial charge on any atom is 0.313 e. The van der Waals surface area contributed by atoms with Crippen LogP contribution >= 0.6 is 23.2 Å². The predicted molar refractivity (Wildman–Crippen MR) is 141 cm³/mol. The third kappa shape index (κ3) is 4.61. The van der Waals surface area contributed by atoms with Crippen molar-refractivity contribution < 1.29 is 19.2 Å². The first kappa shape index (κ1) is 24.4. The van der Waals surface area contributed by atoms with E-state index >= 15 is 0 Å². The van der Waals surface area contributed by atoms with E-state index in [2.05, 4.69) is 5.16 Å². The number of ether oxygens (including phenoxy) is 1. The fourth-order valence-electron chi connectivity index (χ4n) is 4.23. The molecule has 0 unspecified atom stereocenters. The highest BCUT2D eigenvalue weighted by atomic mass is 35.5. The number of carbonyl (C=O) groups is 1. The van der Waals surface area contributed by atoms with Crippen LogP contribution in [0.15, 0.2) is 71.3 Å². The summed E-state index contributed by atoms with van der Waals surface area (Å²) in [6.07, 6.45) is 2.08. The van der Waals surface area contributed by atoms with Crippen molar-refractivity contribution in [2.24, 2.45) is 0 Å². The molecular formula is C29H25Cl2NO4. The van der Waals surface area contributed by atoms with Crippen LogP contribution in [0.1, 0.15) is 49.5 Å². The third-order valence-electron chi connectivity index (χ3n) is 6.66. The van der Waals surface area contributed by atoms with Gasteiger partial charge in [-0.25, -0.2) is 0 Å². The van der Waals surface area contributed by atoms with Gasteiger partial charge in [-0.3, -0.25) is 4.79 Å². The van der Waals surface area contributed by atoms with Gasteiger partial charge in [0.1, 0.15) is 23.8 Å². The maximum absolute atomic E-state index is 11.8. The van der Waals surface area contributed by atoms with Crippen LogP contribution in [0.5, 0.6) is 5.75 Å². The summed E-state index contributed by atoms with van der Waals surface area (Å²) in [5.41, 5.74) is 3.50.